The van der Waals surface area contributed by atoms with E-state index in [-0.39, 0.29) is 23.1 Å². The number of benzene rings is 4. The normalized spacial score (nSPS) is 12.2. The summed E-state index contributed by atoms with van der Waals surface area (Å²) in [5.41, 5.74) is 15.4. The average Bonchev–Trinajstić information content (AvgIpc) is 3.92. The number of rotatable bonds is 4. The average molecular weight is 637 g/mol. The Balaban J connectivity index is 0.00000348. The second-order valence-electron chi connectivity index (χ2n) is 12.0. The monoisotopic (exact) mass is 636 g/mol. The Morgan fingerprint density at radius 3 is 1.08 bits per heavy atom. The molecule has 0 amide bonds. The fourth-order valence-corrected chi connectivity index (χ4v) is 6.51. The largest absolute Gasteiger partial charge is 2.00 e. The Morgan fingerprint density at radius 2 is 0.714 bits per heavy atom. The second-order valence-corrected chi connectivity index (χ2v) is 12.0. The topological polar surface area (TPSA) is 54.0 Å². The third kappa shape index (κ3) is 6.06. The molecule has 9 rings (SSSR count). The maximum atomic E-state index is 5.16. The number of fused-ring (bicyclic) bond motifs is 8. The van der Waals surface area contributed by atoms with Crippen LogP contribution in [0.5, 0.6) is 0 Å². The molecule has 8 bridgehead atoms. The van der Waals surface area contributed by atoms with Crippen molar-refractivity contribution in [1.82, 2.24) is 19.9 Å². The number of nitrogens with zero attached hydrogens (tertiary/aromatic N) is 4. The zero-order valence-electron chi connectivity index (χ0n) is 26.7. The van der Waals surface area contributed by atoms with Gasteiger partial charge in [0.05, 0.1) is 22.8 Å². The minimum absolute atomic E-state index is 0. The summed E-state index contributed by atoms with van der Waals surface area (Å²) in [5, 5.41) is 0. The molecule has 226 valence electrons. The summed E-state index contributed by atoms with van der Waals surface area (Å²) in [4.78, 5) is 20.6. The Labute approximate surface area is 300 Å². The maximum Gasteiger partial charge on any atom is 2.00 e. The van der Waals surface area contributed by atoms with Crippen molar-refractivity contribution in [3.05, 3.63) is 192 Å². The third-order valence-electron chi connectivity index (χ3n) is 8.75. The number of hydrogen-bond acceptors (Lipinski definition) is 2. The molecule has 0 N–H and O–H groups in total. The molecule has 4 nitrogen and oxygen atoms in total. The van der Waals surface area contributed by atoms with E-state index in [2.05, 4.69) is 146 Å². The molecule has 0 unspecified atom stereocenters. The van der Waals surface area contributed by atoms with Crippen LogP contribution in [0, 0.1) is 0 Å². The first-order valence-electron chi connectivity index (χ1n) is 16.1. The van der Waals surface area contributed by atoms with E-state index in [1.807, 2.05) is 24.3 Å². The molecule has 2 aliphatic rings. The molecular weight excluding hydrogens is 609 g/mol. The van der Waals surface area contributed by atoms with Gasteiger partial charge in [-0.3, -0.25) is 0 Å². The molecule has 0 fully saturated rings. The van der Waals surface area contributed by atoms with Crippen LogP contribution >= 0.6 is 0 Å². The second kappa shape index (κ2) is 13.0. The van der Waals surface area contributed by atoms with Crippen molar-refractivity contribution in [2.45, 2.75) is 0 Å². The molecule has 4 aromatic carbocycles. The van der Waals surface area contributed by atoms with Gasteiger partial charge in [0, 0.05) is 11.1 Å². The van der Waals surface area contributed by atoms with Gasteiger partial charge in [-0.15, -0.1) is 22.1 Å². The summed E-state index contributed by atoms with van der Waals surface area (Å²) >= 11 is 0. The molecular formula is C44H28MgN4. The molecule has 49 heavy (non-hydrogen) atoms. The molecule has 0 spiro atoms. The van der Waals surface area contributed by atoms with Gasteiger partial charge in [-0.1, -0.05) is 158 Å². The van der Waals surface area contributed by atoms with Crippen molar-refractivity contribution >= 4 is 68.4 Å². The standard InChI is InChI=1S/C44H28N4.Mg/c1-5-13-29(14-6-1)37-21-33-26-42-39(31-17-9-3-10-18-31)23-35(47-42)28-44-40(32-19-11-4-12-20-32)24-36(48-44)27-43-38(30-15-7-2-8-16-30)22-34(46-43)25-41(37)45-33;/h1-28H;/q-2;+2. The van der Waals surface area contributed by atoms with Gasteiger partial charge in [0.1, 0.15) is 0 Å². The van der Waals surface area contributed by atoms with Crippen LogP contribution in [-0.4, -0.2) is 33.0 Å². The Kier molecular flexibility index (Phi) is 8.13. The molecule has 0 aliphatic carbocycles. The zero-order valence-corrected chi connectivity index (χ0v) is 28.1. The van der Waals surface area contributed by atoms with E-state index in [0.717, 1.165) is 89.4 Å². The quantitative estimate of drug-likeness (QED) is 0.181. The van der Waals surface area contributed by atoms with Crippen LogP contribution in [0.1, 0.15) is 33.9 Å². The van der Waals surface area contributed by atoms with Crippen molar-refractivity contribution in [1.29, 1.82) is 0 Å². The van der Waals surface area contributed by atoms with Crippen molar-refractivity contribution in [2.75, 3.05) is 0 Å². The fraction of sp³-hybridized carbons (Fsp3) is 0. The van der Waals surface area contributed by atoms with Crippen LogP contribution in [-0.2, 0) is 0 Å². The van der Waals surface area contributed by atoms with Crippen LogP contribution in [0.4, 0.5) is 0 Å². The number of hydrogen-bond donors (Lipinski definition) is 0. The summed E-state index contributed by atoms with van der Waals surface area (Å²) < 4.78 is 0. The summed E-state index contributed by atoms with van der Waals surface area (Å²) in [5.74, 6) is 0. The molecule has 7 aromatic rings. The molecule has 0 saturated heterocycles. The molecule has 5 heteroatoms. The van der Waals surface area contributed by atoms with Gasteiger partial charge < -0.3 is 9.97 Å². The molecule has 5 heterocycles. The molecule has 2 aliphatic heterocycles. The van der Waals surface area contributed by atoms with E-state index in [4.69, 9.17) is 19.9 Å². The molecule has 0 saturated carbocycles. The number of aromatic nitrogens is 4. The first-order valence-corrected chi connectivity index (χ1v) is 16.1. The van der Waals surface area contributed by atoms with Gasteiger partial charge in [0.2, 0.25) is 0 Å². The summed E-state index contributed by atoms with van der Waals surface area (Å²) in [7, 11) is 0. The summed E-state index contributed by atoms with van der Waals surface area (Å²) in [6, 6.07) is 54.3. The van der Waals surface area contributed by atoms with Crippen molar-refractivity contribution in [3.8, 4) is 22.3 Å². The Hall–Kier alpha value is -5.75. The molecule has 3 aromatic heterocycles. The van der Waals surface area contributed by atoms with E-state index < -0.39 is 0 Å². The van der Waals surface area contributed by atoms with Crippen molar-refractivity contribution < 1.29 is 0 Å². The minimum atomic E-state index is 0. The molecule has 0 radical (unpaired) electrons. The maximum absolute atomic E-state index is 5.16. The SMILES string of the molecule is C1=C(c2ccccc2)c2cc3cc(-c4ccccc4)c(cc4nc(cc5cc(-c6ccccc6)c(cc1n2)[n-]5)C(c1ccccc1)=C4)[n-]3.[Mg+2]. The zero-order chi connectivity index (χ0) is 31.9. The Bertz CT molecular complexity index is 2350. The Morgan fingerprint density at radius 1 is 0.367 bits per heavy atom. The van der Waals surface area contributed by atoms with E-state index in [9.17, 15) is 0 Å². The smallest absolute Gasteiger partial charge is 0.657 e. The van der Waals surface area contributed by atoms with E-state index in [1.54, 1.807) is 0 Å². The van der Waals surface area contributed by atoms with Gasteiger partial charge in [0.25, 0.3) is 0 Å². The van der Waals surface area contributed by atoms with E-state index >= 15 is 0 Å². The summed E-state index contributed by atoms with van der Waals surface area (Å²) in [6.45, 7) is 0. The van der Waals surface area contributed by atoms with E-state index in [0.29, 0.717) is 0 Å². The third-order valence-corrected chi connectivity index (χ3v) is 8.75. The first kappa shape index (κ1) is 30.6. The van der Waals surface area contributed by atoms with Crippen molar-refractivity contribution in [2.24, 2.45) is 0 Å². The van der Waals surface area contributed by atoms with Gasteiger partial charge in [-0.2, -0.15) is 0 Å². The van der Waals surface area contributed by atoms with Crippen LogP contribution < -0.4 is 9.97 Å². The van der Waals surface area contributed by atoms with Gasteiger partial charge >= 0.3 is 23.1 Å². The van der Waals surface area contributed by atoms with Gasteiger partial charge in [-0.25, -0.2) is 9.97 Å². The predicted octanol–water partition coefficient (Wildman–Crippen LogP) is 9.70. The predicted molar refractivity (Wildman–Crippen MR) is 202 cm³/mol. The summed E-state index contributed by atoms with van der Waals surface area (Å²) in [6.07, 6.45) is 4.30. The van der Waals surface area contributed by atoms with Gasteiger partial charge in [-0.05, 0) is 45.5 Å². The fourth-order valence-electron chi connectivity index (χ4n) is 6.51. The minimum Gasteiger partial charge on any atom is -0.657 e. The van der Waals surface area contributed by atoms with Crippen LogP contribution in [0.3, 0.4) is 0 Å². The van der Waals surface area contributed by atoms with Crippen LogP contribution in [0.2, 0.25) is 0 Å². The first-order chi connectivity index (χ1) is 23.7. The van der Waals surface area contributed by atoms with Crippen LogP contribution in [0.25, 0.3) is 67.6 Å². The van der Waals surface area contributed by atoms with E-state index in [1.165, 1.54) is 0 Å². The van der Waals surface area contributed by atoms with Crippen LogP contribution in [0.15, 0.2) is 158 Å². The van der Waals surface area contributed by atoms with Crippen molar-refractivity contribution in [3.63, 3.8) is 0 Å². The van der Waals surface area contributed by atoms with Gasteiger partial charge in [0.15, 0.2) is 0 Å². The molecule has 0 atom stereocenters.